The van der Waals surface area contributed by atoms with E-state index in [1.165, 1.54) is 65.4 Å². The van der Waals surface area contributed by atoms with Gasteiger partial charge in [0.1, 0.15) is 5.75 Å². The van der Waals surface area contributed by atoms with Crippen LogP contribution in [0.2, 0.25) is 0 Å². The Morgan fingerprint density at radius 3 is 1.40 bits per heavy atom. The summed E-state index contributed by atoms with van der Waals surface area (Å²) < 4.78 is 0. The van der Waals surface area contributed by atoms with Crippen LogP contribution in [-0.4, -0.2) is 5.75 Å². The molecule has 0 bridgehead atoms. The second-order valence-electron chi connectivity index (χ2n) is 11.7. The first-order valence-electron chi connectivity index (χ1n) is 15.2. The molecule has 0 atom stereocenters. The molecule has 6 rings (SSSR count). The van der Waals surface area contributed by atoms with Gasteiger partial charge in [0.05, 0.1) is 10.9 Å². The summed E-state index contributed by atoms with van der Waals surface area (Å²) in [5.74, 6) is 1.15. The van der Waals surface area contributed by atoms with Crippen molar-refractivity contribution in [1.29, 1.82) is 0 Å². The smallest absolute Gasteiger partial charge is 0.160 e. The van der Waals surface area contributed by atoms with Crippen molar-refractivity contribution < 1.29 is 0 Å². The van der Waals surface area contributed by atoms with Crippen LogP contribution in [-0.2, 0) is 17.3 Å². The van der Waals surface area contributed by atoms with Gasteiger partial charge in [-0.2, -0.15) is 0 Å². The van der Waals surface area contributed by atoms with E-state index in [9.17, 15) is 0 Å². The third-order valence-corrected chi connectivity index (χ3v) is 10.5. The van der Waals surface area contributed by atoms with Gasteiger partial charge in [-0.15, -0.1) is 0 Å². The van der Waals surface area contributed by atoms with Crippen LogP contribution in [0, 0.1) is 27.7 Å². The van der Waals surface area contributed by atoms with E-state index in [0.717, 1.165) is 18.6 Å². The van der Waals surface area contributed by atoms with Crippen molar-refractivity contribution in [2.75, 3.05) is 10.7 Å². The number of aryl methyl sites for hydroxylation is 5. The van der Waals surface area contributed by atoms with Crippen LogP contribution in [0.5, 0.6) is 0 Å². The van der Waals surface area contributed by atoms with Crippen molar-refractivity contribution in [1.82, 2.24) is 0 Å². The van der Waals surface area contributed by atoms with Crippen LogP contribution in [0.15, 0.2) is 143 Å². The molecule has 0 aliphatic rings. The molecule has 0 amide bonds. The molecule has 0 aliphatic carbocycles. The van der Waals surface area contributed by atoms with Crippen LogP contribution in [0.4, 0.5) is 17.1 Å². The van der Waals surface area contributed by atoms with Crippen LogP contribution in [0.25, 0.3) is 10.8 Å². The van der Waals surface area contributed by atoms with Gasteiger partial charge in [0.25, 0.3) is 0 Å². The maximum atomic E-state index is 2.40. The number of rotatable bonds is 9. The van der Waals surface area contributed by atoms with E-state index in [-0.39, 0.29) is 10.9 Å². The quantitative estimate of drug-likeness (QED) is 0.154. The molecule has 1 nitrogen and oxygen atoms in total. The van der Waals surface area contributed by atoms with E-state index in [1.54, 1.807) is 0 Å². The van der Waals surface area contributed by atoms with Crippen molar-refractivity contribution in [3.63, 3.8) is 0 Å². The van der Waals surface area contributed by atoms with Crippen molar-refractivity contribution in [3.8, 4) is 0 Å². The highest BCUT2D eigenvalue weighted by Crippen LogP contribution is 2.36. The lowest BCUT2D eigenvalue weighted by Gasteiger charge is -2.26. The Morgan fingerprint density at radius 2 is 0.884 bits per heavy atom. The zero-order chi connectivity index (χ0) is 29.8. The average molecular weight is 579 g/mol. The molecule has 0 spiro atoms. The third kappa shape index (κ3) is 6.87. The number of fused-ring (bicyclic) bond motifs is 1. The molecule has 0 heterocycles. The van der Waals surface area contributed by atoms with E-state index in [1.807, 2.05) is 0 Å². The molecule has 214 valence electrons. The van der Waals surface area contributed by atoms with Gasteiger partial charge < -0.3 is 4.90 Å². The van der Waals surface area contributed by atoms with Gasteiger partial charge in [-0.3, -0.25) is 0 Å². The van der Waals surface area contributed by atoms with Gasteiger partial charge >= 0.3 is 0 Å². The fraction of sp³-hybridized carbons (Fsp3) is 0.171. The topological polar surface area (TPSA) is 3.24 Å². The van der Waals surface area contributed by atoms with Crippen LogP contribution >= 0.6 is 0 Å². The molecular weight excluding hydrogens is 539 g/mol. The van der Waals surface area contributed by atoms with E-state index in [2.05, 4.69) is 166 Å². The first-order valence-corrected chi connectivity index (χ1v) is 16.6. The molecule has 0 radical (unpaired) electrons. The minimum absolute atomic E-state index is 0.0690. The van der Waals surface area contributed by atoms with Crippen molar-refractivity contribution in [2.45, 2.75) is 50.3 Å². The summed E-state index contributed by atoms with van der Waals surface area (Å²) in [4.78, 5) is 5.23. The lowest BCUT2D eigenvalue weighted by atomic mass is 10.0. The molecule has 0 unspecified atom stereocenters. The van der Waals surface area contributed by atoms with Gasteiger partial charge in [-0.05, 0) is 118 Å². The van der Waals surface area contributed by atoms with E-state index in [4.69, 9.17) is 0 Å². The molecule has 0 saturated carbocycles. The van der Waals surface area contributed by atoms with Gasteiger partial charge in [0, 0.05) is 17.1 Å². The first kappa shape index (κ1) is 28.8. The van der Waals surface area contributed by atoms with E-state index < -0.39 is 0 Å². The summed E-state index contributed by atoms with van der Waals surface area (Å²) in [7, 11) is 0.0690. The fourth-order valence-electron chi connectivity index (χ4n) is 5.61. The minimum Gasteiger partial charge on any atom is -0.310 e. The average Bonchev–Trinajstić information content (AvgIpc) is 3.02. The lowest BCUT2D eigenvalue weighted by Crippen LogP contribution is -2.10. The standard InChI is InChI=1S/C41H40NS/c1-30-7-18-37(19-8-30)42(38-20-9-31(2)10-21-38)39-22-17-35-16-15-34(28-36(35)29-39)6-5-27-43(40-23-11-32(3)12-24-40)41-25-13-33(4)14-26-41/h7-26,28-29H,5-6,27H2,1-4H3/q+1. The second kappa shape index (κ2) is 12.9. The monoisotopic (exact) mass is 578 g/mol. The fourth-order valence-corrected chi connectivity index (χ4v) is 7.72. The van der Waals surface area contributed by atoms with Gasteiger partial charge in [-0.25, -0.2) is 0 Å². The molecule has 43 heavy (non-hydrogen) atoms. The Balaban J connectivity index is 1.26. The number of hydrogen-bond donors (Lipinski definition) is 0. The van der Waals surface area contributed by atoms with Crippen molar-refractivity contribution in [2.24, 2.45) is 0 Å². The molecule has 0 aromatic heterocycles. The molecular formula is C41H40NS+. The summed E-state index contributed by atoms with van der Waals surface area (Å²) in [6, 6.07) is 49.8. The molecule has 6 aromatic rings. The summed E-state index contributed by atoms with van der Waals surface area (Å²) in [6.07, 6.45) is 2.22. The lowest BCUT2D eigenvalue weighted by molar-refractivity contribution is 0.929. The van der Waals surface area contributed by atoms with Gasteiger partial charge in [0.15, 0.2) is 9.79 Å². The maximum absolute atomic E-state index is 2.40. The highest BCUT2D eigenvalue weighted by Gasteiger charge is 2.24. The Kier molecular flexibility index (Phi) is 8.67. The highest BCUT2D eigenvalue weighted by molar-refractivity contribution is 7.97. The number of benzene rings is 6. The summed E-state index contributed by atoms with van der Waals surface area (Å²) >= 11 is 0. The number of nitrogens with zero attached hydrogens (tertiary/aromatic N) is 1. The molecule has 0 N–H and O–H groups in total. The Bertz CT molecular complexity index is 1710. The zero-order valence-corrected chi connectivity index (χ0v) is 26.5. The normalized spacial score (nSPS) is 11.3. The molecule has 0 fully saturated rings. The predicted molar refractivity (Wildman–Crippen MR) is 188 cm³/mol. The molecule has 0 saturated heterocycles. The number of anilines is 3. The van der Waals surface area contributed by atoms with E-state index in [0.29, 0.717) is 0 Å². The largest absolute Gasteiger partial charge is 0.310 e. The van der Waals surface area contributed by atoms with Crippen LogP contribution < -0.4 is 4.90 Å². The zero-order valence-electron chi connectivity index (χ0n) is 25.7. The molecule has 2 heteroatoms. The first-order chi connectivity index (χ1) is 20.9. The Labute approximate surface area is 260 Å². The Hall–Kier alpha value is -4.27. The van der Waals surface area contributed by atoms with Crippen LogP contribution in [0.3, 0.4) is 0 Å². The second-order valence-corrected chi connectivity index (χ2v) is 13.8. The molecule has 6 aromatic carbocycles. The van der Waals surface area contributed by atoms with Crippen molar-refractivity contribution >= 4 is 38.7 Å². The summed E-state index contributed by atoms with van der Waals surface area (Å²) in [5.41, 5.74) is 10.1. The van der Waals surface area contributed by atoms with Gasteiger partial charge in [0.2, 0.25) is 0 Å². The van der Waals surface area contributed by atoms with Crippen molar-refractivity contribution in [3.05, 3.63) is 161 Å². The predicted octanol–water partition coefficient (Wildman–Crippen LogP) is 11.2. The summed E-state index contributed by atoms with van der Waals surface area (Å²) in [5, 5.41) is 2.56. The molecule has 0 aliphatic heterocycles. The van der Waals surface area contributed by atoms with E-state index >= 15 is 0 Å². The maximum Gasteiger partial charge on any atom is 0.160 e. The third-order valence-electron chi connectivity index (χ3n) is 8.16. The Morgan fingerprint density at radius 1 is 0.442 bits per heavy atom. The van der Waals surface area contributed by atoms with Crippen LogP contribution in [0.1, 0.15) is 34.2 Å². The minimum atomic E-state index is 0.0690. The SMILES string of the molecule is Cc1ccc(N(c2ccc(C)cc2)c2ccc3ccc(CCC[S+](c4ccc(C)cc4)c4ccc(C)cc4)cc3c2)cc1. The van der Waals surface area contributed by atoms with Gasteiger partial charge in [-0.1, -0.05) is 95.1 Å². The highest BCUT2D eigenvalue weighted by atomic mass is 32.2. The summed E-state index contributed by atoms with van der Waals surface area (Å²) in [6.45, 7) is 8.61. The number of hydrogen-bond acceptors (Lipinski definition) is 1.